The van der Waals surface area contributed by atoms with Crippen LogP contribution in [0.15, 0.2) is 0 Å². The molecule has 5 nitrogen and oxygen atoms in total. The number of fused-ring (bicyclic) bond motifs is 5. The van der Waals surface area contributed by atoms with E-state index >= 15 is 0 Å². The highest BCUT2D eigenvalue weighted by Gasteiger charge is 2.60. The number of carbonyl (C=O) groups is 2. The van der Waals surface area contributed by atoms with Crippen LogP contribution in [0.5, 0.6) is 0 Å². The molecule has 1 amide bonds. The molecule has 4 aliphatic rings. The Labute approximate surface area is 206 Å². The van der Waals surface area contributed by atoms with Crippen molar-refractivity contribution < 1.29 is 19.8 Å². The van der Waals surface area contributed by atoms with E-state index in [1.807, 2.05) is 13.8 Å². The van der Waals surface area contributed by atoms with Gasteiger partial charge in [0.2, 0.25) is 5.91 Å². The van der Waals surface area contributed by atoms with E-state index in [4.69, 9.17) is 0 Å². The fraction of sp³-hybridized carbons (Fsp3) is 0.931. The molecule has 4 saturated carbocycles. The standard InChI is InChI=1S/C29H49NO4/c1-17(2)26(27(33)34)30-25(32)11-6-18(3)22-9-10-23-21-8-7-19-16-20(31)12-14-28(19,4)24(21)13-15-29(22,23)5/h17-24,26,31H,6-16H2,1-5H3,(H,30,32)(H,33,34)/t18-,19-,20-,21+,22-,23+,24+,26+,28+,29-/m1/s1. The van der Waals surface area contributed by atoms with Gasteiger partial charge in [-0.1, -0.05) is 34.6 Å². The van der Waals surface area contributed by atoms with E-state index < -0.39 is 12.0 Å². The van der Waals surface area contributed by atoms with Gasteiger partial charge in [0.25, 0.3) is 0 Å². The Kier molecular flexibility index (Phi) is 7.45. The molecule has 0 aliphatic heterocycles. The summed E-state index contributed by atoms with van der Waals surface area (Å²) in [5.41, 5.74) is 0.790. The minimum absolute atomic E-state index is 0.0799. The molecule has 0 saturated heterocycles. The topological polar surface area (TPSA) is 86.6 Å². The zero-order chi connectivity index (χ0) is 24.8. The van der Waals surface area contributed by atoms with Crippen LogP contribution in [0, 0.1) is 52.3 Å². The number of aliphatic carboxylic acids is 1. The molecule has 194 valence electrons. The van der Waals surface area contributed by atoms with Crippen molar-refractivity contribution in [3.05, 3.63) is 0 Å². The lowest BCUT2D eigenvalue weighted by Gasteiger charge is -2.61. The van der Waals surface area contributed by atoms with E-state index in [1.54, 1.807) is 0 Å². The van der Waals surface area contributed by atoms with Crippen molar-refractivity contribution in [2.45, 2.75) is 117 Å². The first-order valence-electron chi connectivity index (χ1n) is 14.2. The van der Waals surface area contributed by atoms with E-state index in [0.29, 0.717) is 35.0 Å². The van der Waals surface area contributed by atoms with Crippen LogP contribution in [0.1, 0.15) is 105 Å². The molecule has 0 heterocycles. The number of rotatable bonds is 7. The molecule has 0 aromatic carbocycles. The van der Waals surface area contributed by atoms with Crippen LogP contribution in [-0.2, 0) is 9.59 Å². The molecule has 4 rings (SSSR count). The number of aliphatic hydroxyl groups excluding tert-OH is 1. The summed E-state index contributed by atoms with van der Waals surface area (Å²) < 4.78 is 0. The maximum Gasteiger partial charge on any atom is 0.326 e. The minimum atomic E-state index is -0.949. The summed E-state index contributed by atoms with van der Waals surface area (Å²) in [4.78, 5) is 24.0. The van der Waals surface area contributed by atoms with Gasteiger partial charge in [-0.3, -0.25) is 4.79 Å². The van der Waals surface area contributed by atoms with Gasteiger partial charge in [-0.05, 0) is 116 Å². The maximum atomic E-state index is 12.5. The Balaban J connectivity index is 1.38. The molecule has 0 aromatic rings. The Morgan fingerprint density at radius 2 is 1.62 bits per heavy atom. The van der Waals surface area contributed by atoms with Crippen molar-refractivity contribution in [3.8, 4) is 0 Å². The third-order valence-electron chi connectivity index (χ3n) is 11.5. The normalized spacial score (nSPS) is 43.4. The SMILES string of the molecule is CC(C)[C@H](NC(=O)CC[C@@H](C)[C@H]1CC[C@H]2[C@@H]3CC[C@@H]4C[C@H](O)CC[C@]4(C)[C@H]3CC[C@]12C)C(=O)O. The van der Waals surface area contributed by atoms with Gasteiger partial charge in [0.1, 0.15) is 6.04 Å². The van der Waals surface area contributed by atoms with Crippen LogP contribution < -0.4 is 5.32 Å². The van der Waals surface area contributed by atoms with Crippen molar-refractivity contribution in [2.24, 2.45) is 52.3 Å². The molecule has 0 radical (unpaired) electrons. The average molecular weight is 476 g/mol. The lowest BCUT2D eigenvalue weighted by atomic mass is 9.44. The Hall–Kier alpha value is -1.10. The summed E-state index contributed by atoms with van der Waals surface area (Å²) in [6.45, 7) is 11.1. The van der Waals surface area contributed by atoms with Crippen molar-refractivity contribution in [1.82, 2.24) is 5.32 Å². The van der Waals surface area contributed by atoms with Gasteiger partial charge in [-0.25, -0.2) is 4.79 Å². The van der Waals surface area contributed by atoms with Gasteiger partial charge in [0.05, 0.1) is 6.10 Å². The number of aliphatic hydroxyl groups is 1. The van der Waals surface area contributed by atoms with E-state index in [2.05, 4.69) is 26.1 Å². The van der Waals surface area contributed by atoms with Crippen LogP contribution in [0.3, 0.4) is 0 Å². The predicted molar refractivity (Wildman–Crippen MR) is 134 cm³/mol. The number of amides is 1. The number of carboxylic acid groups (broad SMARTS) is 1. The van der Waals surface area contributed by atoms with Gasteiger partial charge in [-0.2, -0.15) is 0 Å². The van der Waals surface area contributed by atoms with Gasteiger partial charge in [0.15, 0.2) is 0 Å². The number of carboxylic acids is 1. The second kappa shape index (κ2) is 9.75. The van der Waals surface area contributed by atoms with Crippen molar-refractivity contribution in [1.29, 1.82) is 0 Å². The van der Waals surface area contributed by atoms with Gasteiger partial charge in [-0.15, -0.1) is 0 Å². The van der Waals surface area contributed by atoms with Crippen LogP contribution >= 0.6 is 0 Å². The minimum Gasteiger partial charge on any atom is -0.480 e. The highest BCUT2D eigenvalue weighted by atomic mass is 16.4. The van der Waals surface area contributed by atoms with Gasteiger partial charge in [0, 0.05) is 6.42 Å². The molecule has 5 heteroatoms. The molecule has 0 spiro atoms. The van der Waals surface area contributed by atoms with E-state index in [-0.39, 0.29) is 17.9 Å². The Morgan fingerprint density at radius 1 is 0.941 bits per heavy atom. The quantitative estimate of drug-likeness (QED) is 0.444. The molecule has 4 fully saturated rings. The zero-order valence-electron chi connectivity index (χ0n) is 22.2. The van der Waals surface area contributed by atoms with Crippen LogP contribution in [0.2, 0.25) is 0 Å². The van der Waals surface area contributed by atoms with Gasteiger partial charge >= 0.3 is 5.97 Å². The van der Waals surface area contributed by atoms with E-state index in [9.17, 15) is 19.8 Å². The molecule has 0 aromatic heterocycles. The Bertz CT molecular complexity index is 767. The number of hydrogen-bond donors (Lipinski definition) is 3. The molecule has 3 N–H and O–H groups in total. The van der Waals surface area contributed by atoms with Crippen LogP contribution in [0.25, 0.3) is 0 Å². The number of carbonyl (C=O) groups excluding carboxylic acids is 1. The molecule has 4 aliphatic carbocycles. The summed E-state index contributed by atoms with van der Waals surface area (Å²) in [6, 6.07) is -0.802. The van der Waals surface area contributed by atoms with Crippen molar-refractivity contribution in [3.63, 3.8) is 0 Å². The van der Waals surface area contributed by atoms with E-state index in [0.717, 1.165) is 37.0 Å². The van der Waals surface area contributed by atoms with Crippen molar-refractivity contribution >= 4 is 11.9 Å². The molecule has 0 unspecified atom stereocenters. The third-order valence-corrected chi connectivity index (χ3v) is 11.5. The van der Waals surface area contributed by atoms with Crippen LogP contribution in [0.4, 0.5) is 0 Å². The average Bonchev–Trinajstić information content (AvgIpc) is 3.13. The number of hydrogen-bond acceptors (Lipinski definition) is 3. The van der Waals surface area contributed by atoms with Crippen molar-refractivity contribution in [2.75, 3.05) is 0 Å². The van der Waals surface area contributed by atoms with Crippen LogP contribution in [-0.4, -0.2) is 34.2 Å². The second-order valence-electron chi connectivity index (χ2n) is 13.5. The first-order chi connectivity index (χ1) is 16.0. The fourth-order valence-corrected chi connectivity index (χ4v) is 9.53. The summed E-state index contributed by atoms with van der Waals surface area (Å²) in [5, 5.41) is 22.4. The summed E-state index contributed by atoms with van der Waals surface area (Å²) >= 11 is 0. The predicted octanol–water partition coefficient (Wildman–Crippen LogP) is 5.65. The first kappa shape index (κ1) is 26.0. The Morgan fingerprint density at radius 3 is 2.29 bits per heavy atom. The first-order valence-corrected chi connectivity index (χ1v) is 14.2. The smallest absolute Gasteiger partial charge is 0.326 e. The number of nitrogens with one attached hydrogen (secondary N) is 1. The fourth-order valence-electron chi connectivity index (χ4n) is 9.53. The molecule has 34 heavy (non-hydrogen) atoms. The maximum absolute atomic E-state index is 12.5. The molecular weight excluding hydrogens is 426 g/mol. The second-order valence-corrected chi connectivity index (χ2v) is 13.5. The monoisotopic (exact) mass is 475 g/mol. The summed E-state index contributed by atoms with van der Waals surface area (Å²) in [6.07, 6.45) is 12.3. The zero-order valence-corrected chi connectivity index (χ0v) is 22.2. The lowest BCUT2D eigenvalue weighted by Crippen LogP contribution is -2.54. The highest BCUT2D eigenvalue weighted by molar-refractivity contribution is 5.83. The summed E-state index contributed by atoms with van der Waals surface area (Å²) in [5.74, 6) is 3.11. The molecule has 0 bridgehead atoms. The summed E-state index contributed by atoms with van der Waals surface area (Å²) in [7, 11) is 0. The molecule has 10 atom stereocenters. The lowest BCUT2D eigenvalue weighted by molar-refractivity contribution is -0.143. The third kappa shape index (κ3) is 4.55. The largest absolute Gasteiger partial charge is 0.480 e. The van der Waals surface area contributed by atoms with Gasteiger partial charge < -0.3 is 15.5 Å². The molecular formula is C29H49NO4. The van der Waals surface area contributed by atoms with E-state index in [1.165, 1.54) is 44.9 Å². The highest BCUT2D eigenvalue weighted by Crippen LogP contribution is 2.68.